The SMILES string of the molecule is COc1cnc(CN2C3CC2CN(c2ccc(C4=CC(OC[C@H](C)O)=CN5C4=C(C#N)CN5C)cn2)C3)cn1. The van der Waals surface area contributed by atoms with Crippen molar-refractivity contribution in [2.45, 2.75) is 38.1 Å². The smallest absolute Gasteiger partial charge is 0.231 e. The summed E-state index contributed by atoms with van der Waals surface area (Å²) < 4.78 is 11.0. The molecular weight excluding hydrogens is 496 g/mol. The Balaban J connectivity index is 1.17. The van der Waals surface area contributed by atoms with Gasteiger partial charge in [0.25, 0.3) is 0 Å². The Morgan fingerprint density at radius 1 is 1.15 bits per heavy atom. The molecule has 1 N–H and O–H groups in total. The monoisotopic (exact) mass is 528 g/mol. The van der Waals surface area contributed by atoms with Gasteiger partial charge in [0.15, 0.2) is 0 Å². The average molecular weight is 529 g/mol. The van der Waals surface area contributed by atoms with Gasteiger partial charge in [0.1, 0.15) is 18.2 Å². The van der Waals surface area contributed by atoms with Crippen molar-refractivity contribution in [1.29, 1.82) is 5.26 Å². The van der Waals surface area contributed by atoms with Gasteiger partial charge in [-0.1, -0.05) is 0 Å². The summed E-state index contributed by atoms with van der Waals surface area (Å²) in [5.74, 6) is 2.10. The van der Waals surface area contributed by atoms with Crippen LogP contribution in [0.2, 0.25) is 0 Å². The number of hydrogen-bond donors (Lipinski definition) is 1. The minimum absolute atomic E-state index is 0.188. The fourth-order valence-electron chi connectivity index (χ4n) is 5.69. The van der Waals surface area contributed by atoms with Crippen LogP contribution >= 0.6 is 0 Å². The van der Waals surface area contributed by atoms with Crippen LogP contribution < -0.4 is 9.64 Å². The zero-order valence-electron chi connectivity index (χ0n) is 22.4. The summed E-state index contributed by atoms with van der Waals surface area (Å²) in [6, 6.07) is 7.40. The van der Waals surface area contributed by atoms with Crippen LogP contribution in [0.1, 0.15) is 24.6 Å². The van der Waals surface area contributed by atoms with Crippen LogP contribution in [0.15, 0.2) is 60.0 Å². The third-order valence-corrected chi connectivity index (χ3v) is 7.65. The first-order valence-corrected chi connectivity index (χ1v) is 13.1. The first-order valence-electron chi connectivity index (χ1n) is 13.1. The van der Waals surface area contributed by atoms with Gasteiger partial charge in [0.2, 0.25) is 5.88 Å². The number of piperazine rings is 1. The van der Waals surface area contributed by atoms with Crippen LogP contribution in [0.25, 0.3) is 5.57 Å². The van der Waals surface area contributed by atoms with Crippen LogP contribution in [0, 0.1) is 11.3 Å². The van der Waals surface area contributed by atoms with Gasteiger partial charge >= 0.3 is 0 Å². The van der Waals surface area contributed by atoms with Crippen molar-refractivity contribution < 1.29 is 14.6 Å². The molecule has 2 unspecified atom stereocenters. The minimum atomic E-state index is -0.581. The van der Waals surface area contributed by atoms with E-state index in [2.05, 4.69) is 38.0 Å². The summed E-state index contributed by atoms with van der Waals surface area (Å²) in [7, 11) is 3.53. The van der Waals surface area contributed by atoms with Crippen molar-refractivity contribution in [3.63, 3.8) is 0 Å². The Labute approximate surface area is 227 Å². The van der Waals surface area contributed by atoms with Gasteiger partial charge in [-0.25, -0.2) is 15.0 Å². The number of piperidine rings is 1. The first kappa shape index (κ1) is 25.3. The molecule has 0 spiro atoms. The van der Waals surface area contributed by atoms with Crippen LogP contribution in [-0.4, -0.2) is 93.6 Å². The molecule has 2 aromatic rings. The molecule has 0 amide bonds. The molecule has 3 atom stereocenters. The molecule has 202 valence electrons. The third kappa shape index (κ3) is 4.83. The number of nitriles is 1. The Morgan fingerprint density at radius 3 is 2.62 bits per heavy atom. The highest BCUT2D eigenvalue weighted by Crippen LogP contribution is 2.39. The normalized spacial score (nSPS) is 23.5. The lowest BCUT2D eigenvalue weighted by molar-refractivity contribution is -0.00979. The Kier molecular flexibility index (Phi) is 6.68. The summed E-state index contributed by atoms with van der Waals surface area (Å²) in [6.45, 7) is 5.01. The molecule has 39 heavy (non-hydrogen) atoms. The molecule has 5 aliphatic heterocycles. The van der Waals surface area contributed by atoms with Crippen molar-refractivity contribution in [3.8, 4) is 11.9 Å². The molecule has 2 bridgehead atoms. The topological polar surface area (TPSA) is 114 Å². The number of aromatic nitrogens is 3. The number of allylic oxidation sites excluding steroid dienone is 2. The van der Waals surface area contributed by atoms with Gasteiger partial charge in [-0.15, -0.1) is 0 Å². The standard InChI is InChI=1S/C28H32N8O3/c1-18(37)17-39-24-7-25(28-20(8-29)12-33(2)36(28)16-24)19-4-5-26(31-9-19)34-14-22-6-23(15-34)35(22)13-21-10-32-27(38-3)11-30-21/h4-5,7,9-11,16,18,22-23,37H,6,12-15,17H2,1-3H3/t18-,22?,23?/m0/s1. The number of fused-ring (bicyclic) bond motifs is 3. The predicted molar refractivity (Wildman–Crippen MR) is 144 cm³/mol. The molecule has 0 saturated carbocycles. The number of anilines is 1. The highest BCUT2D eigenvalue weighted by Gasteiger charge is 2.45. The van der Waals surface area contributed by atoms with Crippen molar-refractivity contribution in [1.82, 2.24) is 29.9 Å². The van der Waals surface area contributed by atoms with Crippen molar-refractivity contribution >= 4 is 11.4 Å². The Hall–Kier alpha value is -3.98. The highest BCUT2D eigenvalue weighted by atomic mass is 16.5. The van der Waals surface area contributed by atoms with Crippen molar-refractivity contribution in [3.05, 3.63) is 71.3 Å². The molecule has 7 heterocycles. The fraction of sp³-hybridized carbons (Fsp3) is 0.429. The van der Waals surface area contributed by atoms with E-state index in [9.17, 15) is 10.4 Å². The number of rotatable bonds is 8. The minimum Gasteiger partial charge on any atom is -0.489 e. The van der Waals surface area contributed by atoms with E-state index >= 15 is 0 Å². The summed E-state index contributed by atoms with van der Waals surface area (Å²) in [5, 5.41) is 23.4. The molecule has 0 aromatic carbocycles. The Morgan fingerprint density at radius 2 is 1.97 bits per heavy atom. The number of ether oxygens (including phenoxy) is 2. The molecular formula is C28H32N8O3. The zero-order valence-corrected chi connectivity index (χ0v) is 22.4. The number of methoxy groups -OCH3 is 1. The van der Waals surface area contributed by atoms with Crippen LogP contribution in [0.5, 0.6) is 5.88 Å². The maximum absolute atomic E-state index is 9.80. The van der Waals surface area contributed by atoms with E-state index in [0.717, 1.165) is 48.0 Å². The summed E-state index contributed by atoms with van der Waals surface area (Å²) in [5.41, 5.74) is 4.28. The Bertz CT molecular complexity index is 1350. The van der Waals surface area contributed by atoms with Crippen LogP contribution in [0.3, 0.4) is 0 Å². The average Bonchev–Trinajstić information content (AvgIpc) is 3.30. The molecule has 0 radical (unpaired) electrons. The van der Waals surface area contributed by atoms with E-state index in [1.54, 1.807) is 26.4 Å². The maximum atomic E-state index is 9.80. The second-order valence-corrected chi connectivity index (χ2v) is 10.4. The molecule has 11 heteroatoms. The molecule has 2 aromatic heterocycles. The lowest BCUT2D eigenvalue weighted by atomic mass is 9.87. The summed E-state index contributed by atoms with van der Waals surface area (Å²) in [6.07, 6.45) is 9.72. The van der Waals surface area contributed by atoms with E-state index in [4.69, 9.17) is 14.5 Å². The van der Waals surface area contributed by atoms with Gasteiger partial charge in [0.05, 0.1) is 61.4 Å². The largest absolute Gasteiger partial charge is 0.489 e. The van der Waals surface area contributed by atoms with Gasteiger partial charge in [-0.3, -0.25) is 14.9 Å². The number of hydrazine groups is 1. The van der Waals surface area contributed by atoms with Gasteiger partial charge in [-0.05, 0) is 31.6 Å². The van der Waals surface area contributed by atoms with E-state index in [-0.39, 0.29) is 6.61 Å². The molecule has 5 aliphatic rings. The number of aliphatic hydroxyl groups is 1. The maximum Gasteiger partial charge on any atom is 0.231 e. The van der Waals surface area contributed by atoms with E-state index in [0.29, 0.717) is 35.8 Å². The number of nitrogens with zero attached hydrogens (tertiary/aromatic N) is 8. The molecule has 7 rings (SSSR count). The second kappa shape index (κ2) is 10.3. The summed E-state index contributed by atoms with van der Waals surface area (Å²) >= 11 is 0. The van der Waals surface area contributed by atoms with Crippen molar-refractivity contribution in [2.24, 2.45) is 0 Å². The lowest BCUT2D eigenvalue weighted by Crippen LogP contribution is -2.68. The molecule has 0 aliphatic carbocycles. The van der Waals surface area contributed by atoms with E-state index in [1.807, 2.05) is 35.5 Å². The number of likely N-dealkylation sites (N-methyl/N-ethyl adjacent to an activating group) is 1. The highest BCUT2D eigenvalue weighted by molar-refractivity contribution is 5.83. The molecule has 3 fully saturated rings. The number of pyridine rings is 1. The van der Waals surface area contributed by atoms with E-state index < -0.39 is 6.10 Å². The van der Waals surface area contributed by atoms with Crippen LogP contribution in [-0.2, 0) is 11.3 Å². The number of hydrogen-bond acceptors (Lipinski definition) is 11. The predicted octanol–water partition coefficient (Wildman–Crippen LogP) is 1.92. The van der Waals surface area contributed by atoms with Crippen molar-refractivity contribution in [2.75, 3.05) is 45.3 Å². The number of aliphatic hydroxyl groups excluding tert-OH is 1. The quantitative estimate of drug-likeness (QED) is 0.542. The van der Waals surface area contributed by atoms with Gasteiger partial charge < -0.3 is 19.5 Å². The zero-order chi connectivity index (χ0) is 27.1. The third-order valence-electron chi connectivity index (χ3n) is 7.65. The first-order chi connectivity index (χ1) is 18.9. The van der Waals surface area contributed by atoms with Crippen LogP contribution in [0.4, 0.5) is 5.82 Å². The fourth-order valence-corrected chi connectivity index (χ4v) is 5.69. The molecule has 11 nitrogen and oxygen atoms in total. The van der Waals surface area contributed by atoms with Gasteiger partial charge in [-0.2, -0.15) is 5.26 Å². The summed E-state index contributed by atoms with van der Waals surface area (Å²) in [4.78, 5) is 18.4. The van der Waals surface area contributed by atoms with Gasteiger partial charge in [0, 0.05) is 56.1 Å². The van der Waals surface area contributed by atoms with E-state index in [1.165, 1.54) is 6.42 Å². The lowest BCUT2D eigenvalue weighted by Gasteiger charge is -2.56. The molecule has 3 saturated heterocycles. The second-order valence-electron chi connectivity index (χ2n) is 10.4.